The summed E-state index contributed by atoms with van der Waals surface area (Å²) in [4.78, 5) is 10.0. The largest absolute Gasteiger partial charge is 0.508 e. The maximum absolute atomic E-state index is 10.0. The number of rotatable bonds is 2. The molecule has 14 heavy (non-hydrogen) atoms. The highest BCUT2D eigenvalue weighted by molar-refractivity contribution is 5.57. The maximum atomic E-state index is 10.0. The molecule has 0 heterocycles. The number of aromatic hydroxyl groups is 1. The van der Waals surface area contributed by atoms with E-state index in [1.807, 2.05) is 26.0 Å². The lowest BCUT2D eigenvalue weighted by molar-refractivity contribution is -0.107. The third-order valence-corrected chi connectivity index (χ3v) is 1.63. The maximum Gasteiger partial charge on any atom is 0.124 e. The van der Waals surface area contributed by atoms with Crippen molar-refractivity contribution in [2.24, 2.45) is 0 Å². The third-order valence-electron chi connectivity index (χ3n) is 1.63. The number of phenolic OH excluding ortho intramolecular Hbond substituents is 1. The fourth-order valence-electron chi connectivity index (χ4n) is 0.773. The van der Waals surface area contributed by atoms with Crippen LogP contribution in [0.15, 0.2) is 36.4 Å². The summed E-state index contributed by atoms with van der Waals surface area (Å²) < 4.78 is 0. The molecule has 1 N–H and O–H groups in total. The minimum absolute atomic E-state index is 0.189. The van der Waals surface area contributed by atoms with Crippen LogP contribution < -0.4 is 0 Å². The van der Waals surface area contributed by atoms with Crippen LogP contribution in [-0.2, 0) is 11.2 Å². The molecular formula is C12H16O2. The second-order valence-electron chi connectivity index (χ2n) is 2.67. The second kappa shape index (κ2) is 8.05. The normalized spacial score (nSPS) is 9.29. The van der Waals surface area contributed by atoms with Gasteiger partial charge in [0.25, 0.3) is 0 Å². The molecule has 0 unspecified atom stereocenters. The topological polar surface area (TPSA) is 37.3 Å². The number of aldehydes is 1. The van der Waals surface area contributed by atoms with E-state index >= 15 is 0 Å². The van der Waals surface area contributed by atoms with Crippen molar-refractivity contribution in [3.8, 4) is 5.75 Å². The van der Waals surface area contributed by atoms with Gasteiger partial charge in [0.2, 0.25) is 0 Å². The highest BCUT2D eigenvalue weighted by Crippen LogP contribution is 2.14. The van der Waals surface area contributed by atoms with Gasteiger partial charge in [0.1, 0.15) is 12.0 Å². The van der Waals surface area contributed by atoms with Gasteiger partial charge in [0.15, 0.2) is 0 Å². The molecule has 2 nitrogen and oxygen atoms in total. The molecule has 1 rings (SSSR count). The van der Waals surface area contributed by atoms with E-state index in [1.54, 1.807) is 24.3 Å². The summed E-state index contributed by atoms with van der Waals surface area (Å²) in [5.41, 5.74) is 0.678. The number of hydrogen-bond donors (Lipinski definition) is 1. The number of para-hydroxylation sites is 1. The first-order valence-corrected chi connectivity index (χ1v) is 4.54. The van der Waals surface area contributed by atoms with Gasteiger partial charge in [-0.15, -0.1) is 0 Å². The van der Waals surface area contributed by atoms with Crippen LogP contribution in [0, 0.1) is 0 Å². The second-order valence-corrected chi connectivity index (χ2v) is 2.67. The van der Waals surface area contributed by atoms with Gasteiger partial charge in [-0.25, -0.2) is 0 Å². The van der Waals surface area contributed by atoms with Crippen LogP contribution in [0.3, 0.4) is 0 Å². The molecule has 0 aromatic heterocycles. The summed E-state index contributed by atoms with van der Waals surface area (Å²) in [6.45, 7) is 4.00. The van der Waals surface area contributed by atoms with Crippen LogP contribution in [-0.4, -0.2) is 11.4 Å². The zero-order chi connectivity index (χ0) is 10.8. The molecule has 76 valence electrons. The zero-order valence-corrected chi connectivity index (χ0v) is 8.60. The summed E-state index contributed by atoms with van der Waals surface area (Å²) in [6, 6.07) is 6.81. The molecule has 1 aromatic carbocycles. The molecule has 0 fully saturated rings. The van der Waals surface area contributed by atoms with E-state index in [-0.39, 0.29) is 12.2 Å². The number of allylic oxidation sites excluding steroid dienone is 2. The Morgan fingerprint density at radius 2 is 1.79 bits per heavy atom. The molecule has 2 heteroatoms. The van der Waals surface area contributed by atoms with Gasteiger partial charge in [-0.1, -0.05) is 30.4 Å². The van der Waals surface area contributed by atoms with Gasteiger partial charge in [-0.3, -0.25) is 0 Å². The Bertz CT molecular complexity index is 286. The van der Waals surface area contributed by atoms with Gasteiger partial charge in [0.05, 0.1) is 0 Å². The summed E-state index contributed by atoms with van der Waals surface area (Å²) in [7, 11) is 0. The molecule has 0 saturated carbocycles. The Labute approximate surface area is 84.9 Å². The van der Waals surface area contributed by atoms with Crippen molar-refractivity contribution in [3.05, 3.63) is 42.0 Å². The average molecular weight is 192 g/mol. The van der Waals surface area contributed by atoms with Crippen molar-refractivity contribution >= 4 is 6.29 Å². The molecule has 0 atom stereocenters. The summed E-state index contributed by atoms with van der Waals surface area (Å²) in [5, 5.41) is 9.08. The van der Waals surface area contributed by atoms with Crippen LogP contribution in [0.5, 0.6) is 5.75 Å². The van der Waals surface area contributed by atoms with E-state index in [4.69, 9.17) is 5.11 Å². The van der Waals surface area contributed by atoms with Crippen LogP contribution >= 0.6 is 0 Å². The molecule has 0 spiro atoms. The number of benzene rings is 1. The number of carbonyl (C=O) groups is 1. The standard InChI is InChI=1S/C8H8O2.C4H8/c9-6-5-7-3-1-2-4-8(7)10;1-3-4-2/h1-4,6,10H,5H2;3-4H,1-2H3/b;4-3-. The molecular weight excluding hydrogens is 176 g/mol. The predicted octanol–water partition coefficient (Wildman–Crippen LogP) is 2.72. The van der Waals surface area contributed by atoms with Crippen molar-refractivity contribution in [3.63, 3.8) is 0 Å². The fraction of sp³-hybridized carbons (Fsp3) is 0.250. The van der Waals surface area contributed by atoms with Gasteiger partial charge in [-0.05, 0) is 19.9 Å². The van der Waals surface area contributed by atoms with Crippen LogP contribution in [0.2, 0.25) is 0 Å². The summed E-state index contributed by atoms with van der Waals surface area (Å²) in [6.07, 6.45) is 5.06. The zero-order valence-electron chi connectivity index (χ0n) is 8.60. The molecule has 0 aliphatic heterocycles. The first kappa shape index (κ1) is 12.4. The van der Waals surface area contributed by atoms with Crippen LogP contribution in [0.25, 0.3) is 0 Å². The van der Waals surface area contributed by atoms with E-state index in [9.17, 15) is 4.79 Å². The van der Waals surface area contributed by atoms with Gasteiger partial charge in [0, 0.05) is 12.0 Å². The van der Waals surface area contributed by atoms with Crippen molar-refractivity contribution < 1.29 is 9.90 Å². The first-order chi connectivity index (χ1) is 6.76. The molecule has 1 aromatic rings. The van der Waals surface area contributed by atoms with Crippen molar-refractivity contribution in [2.45, 2.75) is 20.3 Å². The van der Waals surface area contributed by atoms with Gasteiger partial charge >= 0.3 is 0 Å². The minimum atomic E-state index is 0.189. The molecule has 0 aliphatic carbocycles. The Morgan fingerprint density at radius 1 is 1.21 bits per heavy atom. The lowest BCUT2D eigenvalue weighted by Gasteiger charge is -1.96. The van der Waals surface area contributed by atoms with E-state index in [0.717, 1.165) is 6.29 Å². The van der Waals surface area contributed by atoms with Gasteiger partial charge in [-0.2, -0.15) is 0 Å². The monoisotopic (exact) mass is 192 g/mol. The Hall–Kier alpha value is -1.57. The number of phenols is 1. The Morgan fingerprint density at radius 3 is 2.21 bits per heavy atom. The predicted molar refractivity (Wildman–Crippen MR) is 58.4 cm³/mol. The smallest absolute Gasteiger partial charge is 0.124 e. The lowest BCUT2D eigenvalue weighted by atomic mass is 10.1. The SMILES string of the molecule is C/C=C\C.O=CCc1ccccc1O. The molecule has 0 amide bonds. The van der Waals surface area contributed by atoms with Crippen LogP contribution in [0.1, 0.15) is 19.4 Å². The highest BCUT2D eigenvalue weighted by Gasteiger charge is 1.95. The van der Waals surface area contributed by atoms with Crippen LogP contribution in [0.4, 0.5) is 0 Å². The lowest BCUT2D eigenvalue weighted by Crippen LogP contribution is -1.84. The molecule has 0 aliphatic rings. The van der Waals surface area contributed by atoms with Gasteiger partial charge < -0.3 is 9.90 Å². The highest BCUT2D eigenvalue weighted by atomic mass is 16.3. The molecule has 0 saturated heterocycles. The summed E-state index contributed by atoms with van der Waals surface area (Å²) in [5.74, 6) is 0.189. The van der Waals surface area contributed by atoms with Crippen molar-refractivity contribution in [1.82, 2.24) is 0 Å². The minimum Gasteiger partial charge on any atom is -0.508 e. The van der Waals surface area contributed by atoms with E-state index < -0.39 is 0 Å². The first-order valence-electron chi connectivity index (χ1n) is 4.54. The van der Waals surface area contributed by atoms with Crippen molar-refractivity contribution in [2.75, 3.05) is 0 Å². The molecule has 0 bridgehead atoms. The summed E-state index contributed by atoms with van der Waals surface area (Å²) >= 11 is 0. The fourth-order valence-corrected chi connectivity index (χ4v) is 0.773. The quantitative estimate of drug-likeness (QED) is 0.578. The van der Waals surface area contributed by atoms with E-state index in [1.165, 1.54) is 0 Å². The van der Waals surface area contributed by atoms with E-state index in [2.05, 4.69) is 0 Å². The molecule has 0 radical (unpaired) electrons. The number of carbonyl (C=O) groups excluding carboxylic acids is 1. The average Bonchev–Trinajstić information content (AvgIpc) is 2.22. The third kappa shape index (κ3) is 5.14. The van der Waals surface area contributed by atoms with E-state index in [0.29, 0.717) is 5.56 Å². The Kier molecular flexibility index (Phi) is 7.15. The number of hydrogen-bond acceptors (Lipinski definition) is 2. The Balaban J connectivity index is 0.000000364. The van der Waals surface area contributed by atoms with Crippen molar-refractivity contribution in [1.29, 1.82) is 0 Å².